The summed E-state index contributed by atoms with van der Waals surface area (Å²) in [5.41, 5.74) is 2.11. The first-order chi connectivity index (χ1) is 16.7. The highest BCUT2D eigenvalue weighted by atomic mass is 16.6. The minimum absolute atomic E-state index is 0.118. The van der Waals surface area contributed by atoms with E-state index in [1.54, 1.807) is 0 Å². The minimum Gasteiger partial charge on any atom is -0.371 e. The van der Waals surface area contributed by atoms with Crippen LogP contribution < -0.4 is 11.2 Å². The molecule has 0 bridgehead atoms. The highest BCUT2D eigenvalue weighted by Crippen LogP contribution is 2.31. The lowest BCUT2D eigenvalue weighted by Gasteiger charge is -2.24. The van der Waals surface area contributed by atoms with Crippen molar-refractivity contribution >= 4 is 11.7 Å². The number of benzene rings is 1. The van der Waals surface area contributed by atoms with Crippen LogP contribution in [0.25, 0.3) is 0 Å². The number of aliphatic imine (C=N–C) groups is 1. The Kier molecular flexibility index (Phi) is 7.51. The molecule has 1 saturated carbocycles. The van der Waals surface area contributed by atoms with E-state index in [-0.39, 0.29) is 36.1 Å². The van der Waals surface area contributed by atoms with Crippen molar-refractivity contribution in [3.05, 3.63) is 35.4 Å². The molecule has 4 fully saturated rings. The number of nitrogens with zero attached hydrogens (tertiary/aromatic N) is 4. The van der Waals surface area contributed by atoms with Crippen LogP contribution in [-0.2, 0) is 20.8 Å². The maximum absolute atomic E-state index is 12.7. The Bertz CT molecular complexity index is 910. The Hall–Kier alpha value is -2.36. The molecule has 4 aliphatic rings. The summed E-state index contributed by atoms with van der Waals surface area (Å²) in [7, 11) is 0. The average Bonchev–Trinajstić information content (AvgIpc) is 3.60. The molecule has 1 aromatic rings. The molecule has 184 valence electrons. The molecule has 1 aromatic carbocycles. The van der Waals surface area contributed by atoms with Crippen LogP contribution in [0.2, 0.25) is 0 Å². The van der Waals surface area contributed by atoms with E-state index < -0.39 is 0 Å². The second-order valence-electron chi connectivity index (χ2n) is 9.97. The van der Waals surface area contributed by atoms with Crippen molar-refractivity contribution in [2.75, 3.05) is 26.3 Å². The van der Waals surface area contributed by atoms with Gasteiger partial charge in [0.2, 0.25) is 5.91 Å². The van der Waals surface area contributed by atoms with Gasteiger partial charge >= 0.3 is 0 Å². The molecule has 3 N–H and O–H groups in total. The molecule has 0 spiro atoms. The number of hydrogen-bond acceptors (Lipinski definition) is 6. The predicted octanol–water partition coefficient (Wildman–Crippen LogP) is 2.59. The van der Waals surface area contributed by atoms with Gasteiger partial charge in [0.25, 0.3) is 0 Å². The zero-order valence-electron chi connectivity index (χ0n) is 19.8. The first kappa shape index (κ1) is 23.4. The van der Waals surface area contributed by atoms with Gasteiger partial charge in [-0.25, -0.2) is 0 Å². The fourth-order valence-electron chi connectivity index (χ4n) is 5.76. The standard InChI is InChI=1S/C25H36N6O3/c26-30-29-24(19-10-6-7-17(13-19)14-31-11-4-5-12-31)27-20-15-33-23-21(16-34-22(20)23)28-25(32)18-8-2-1-3-9-18/h6-7,10,13,18,20-23H,1-5,8-9,11-12,14-16H2,(H,28,32)(H2,26,27,29)/t20-,21-,22+,23+/m0/s1. The number of carbonyl (C=O) groups is 1. The Morgan fingerprint density at radius 3 is 2.65 bits per heavy atom. The number of nitrogens with one attached hydrogen (secondary N) is 1. The summed E-state index contributed by atoms with van der Waals surface area (Å²) in [6.45, 7) is 4.07. The van der Waals surface area contributed by atoms with Gasteiger partial charge in [-0.2, -0.15) is 0 Å². The first-order valence-electron chi connectivity index (χ1n) is 12.8. The van der Waals surface area contributed by atoms with Crippen molar-refractivity contribution in [3.8, 4) is 0 Å². The van der Waals surface area contributed by atoms with Gasteiger partial charge in [0.05, 0.1) is 19.3 Å². The van der Waals surface area contributed by atoms with E-state index in [1.807, 2.05) is 12.1 Å². The monoisotopic (exact) mass is 468 g/mol. The third-order valence-electron chi connectivity index (χ3n) is 7.56. The molecule has 34 heavy (non-hydrogen) atoms. The predicted molar refractivity (Wildman–Crippen MR) is 128 cm³/mol. The third kappa shape index (κ3) is 5.31. The summed E-state index contributed by atoms with van der Waals surface area (Å²) in [6.07, 6.45) is 7.57. The fourth-order valence-corrected chi connectivity index (χ4v) is 5.76. The van der Waals surface area contributed by atoms with Crippen LogP contribution in [0.15, 0.2) is 39.6 Å². The summed E-state index contributed by atoms with van der Waals surface area (Å²) in [6, 6.07) is 7.90. The van der Waals surface area contributed by atoms with E-state index in [0.29, 0.717) is 19.0 Å². The largest absolute Gasteiger partial charge is 0.371 e. The molecule has 1 amide bonds. The molecule has 3 aliphatic heterocycles. The van der Waals surface area contributed by atoms with Crippen molar-refractivity contribution in [1.82, 2.24) is 10.2 Å². The Labute approximate surface area is 201 Å². The SMILES string of the molecule is NN=NC(=N[C@H]1CO[C@H]2[C@@H]1OC[C@@H]2NC(=O)C1CCCCC1)c1cccc(CN2CCCC2)c1. The Balaban J connectivity index is 1.25. The van der Waals surface area contributed by atoms with E-state index in [4.69, 9.17) is 20.3 Å². The number of hydrogen-bond donors (Lipinski definition) is 2. The van der Waals surface area contributed by atoms with E-state index in [0.717, 1.165) is 50.9 Å². The third-order valence-corrected chi connectivity index (χ3v) is 7.56. The molecule has 0 aromatic heterocycles. The summed E-state index contributed by atoms with van der Waals surface area (Å²) in [5.74, 6) is 6.16. The van der Waals surface area contributed by atoms with Crippen LogP contribution in [0.3, 0.4) is 0 Å². The maximum atomic E-state index is 12.7. The summed E-state index contributed by atoms with van der Waals surface area (Å²) < 4.78 is 12.1. The van der Waals surface area contributed by atoms with Gasteiger partial charge in [0, 0.05) is 18.0 Å². The van der Waals surface area contributed by atoms with Crippen LogP contribution in [0.5, 0.6) is 0 Å². The first-order valence-corrected chi connectivity index (χ1v) is 12.8. The molecule has 0 radical (unpaired) electrons. The number of fused-ring (bicyclic) bond motifs is 1. The summed E-state index contributed by atoms with van der Waals surface area (Å²) in [5, 5.41) is 10.8. The van der Waals surface area contributed by atoms with Gasteiger partial charge in [-0.15, -0.1) is 5.11 Å². The number of amidine groups is 1. The second kappa shape index (κ2) is 10.9. The van der Waals surface area contributed by atoms with E-state index in [9.17, 15) is 4.79 Å². The lowest BCUT2D eigenvalue weighted by atomic mass is 9.88. The molecule has 1 aliphatic carbocycles. The molecule has 3 saturated heterocycles. The lowest BCUT2D eigenvalue weighted by molar-refractivity contribution is -0.127. The number of likely N-dealkylation sites (tertiary alicyclic amines) is 1. The number of ether oxygens (including phenoxy) is 2. The van der Waals surface area contributed by atoms with E-state index in [2.05, 4.69) is 32.7 Å². The molecule has 0 unspecified atom stereocenters. The van der Waals surface area contributed by atoms with Gasteiger partial charge in [0.1, 0.15) is 18.2 Å². The molecular formula is C25H36N6O3. The smallest absolute Gasteiger partial charge is 0.223 e. The molecule has 9 heteroatoms. The molecular weight excluding hydrogens is 432 g/mol. The molecule has 3 heterocycles. The second-order valence-corrected chi connectivity index (χ2v) is 9.97. The maximum Gasteiger partial charge on any atom is 0.223 e. The van der Waals surface area contributed by atoms with Crippen molar-refractivity contribution in [2.45, 2.75) is 75.8 Å². The van der Waals surface area contributed by atoms with Gasteiger partial charge in [0.15, 0.2) is 5.84 Å². The molecule has 4 atom stereocenters. The number of nitrogens with two attached hydrogens (primary N) is 1. The van der Waals surface area contributed by atoms with Crippen LogP contribution in [0.1, 0.15) is 56.1 Å². The number of rotatable bonds is 6. The highest BCUT2D eigenvalue weighted by molar-refractivity contribution is 5.99. The van der Waals surface area contributed by atoms with Gasteiger partial charge in [-0.3, -0.25) is 14.7 Å². The summed E-state index contributed by atoms with van der Waals surface area (Å²) >= 11 is 0. The van der Waals surface area contributed by atoms with Gasteiger partial charge in [-0.1, -0.05) is 42.7 Å². The van der Waals surface area contributed by atoms with Crippen molar-refractivity contribution in [1.29, 1.82) is 0 Å². The number of amides is 1. The van der Waals surface area contributed by atoms with Gasteiger partial charge < -0.3 is 20.6 Å². The van der Waals surface area contributed by atoms with E-state index >= 15 is 0 Å². The zero-order valence-corrected chi connectivity index (χ0v) is 19.8. The lowest BCUT2D eigenvalue weighted by Crippen LogP contribution is -2.46. The number of carbonyl (C=O) groups excluding carboxylic acids is 1. The highest BCUT2D eigenvalue weighted by Gasteiger charge is 2.48. The van der Waals surface area contributed by atoms with Crippen LogP contribution in [-0.4, -0.2) is 67.2 Å². The summed E-state index contributed by atoms with van der Waals surface area (Å²) in [4.78, 5) is 20.1. The minimum atomic E-state index is -0.218. The topological polar surface area (TPSA) is 114 Å². The van der Waals surface area contributed by atoms with Crippen LogP contribution >= 0.6 is 0 Å². The fraction of sp³-hybridized carbons (Fsp3) is 0.680. The zero-order chi connectivity index (χ0) is 23.3. The normalized spacial score (nSPS) is 30.8. The Morgan fingerprint density at radius 1 is 1.06 bits per heavy atom. The average molecular weight is 469 g/mol. The van der Waals surface area contributed by atoms with Crippen molar-refractivity contribution in [2.24, 2.45) is 27.1 Å². The van der Waals surface area contributed by atoms with E-state index in [1.165, 1.54) is 24.8 Å². The molecule has 9 nitrogen and oxygen atoms in total. The quantitative estimate of drug-likeness (QED) is 0.219. The van der Waals surface area contributed by atoms with Crippen molar-refractivity contribution < 1.29 is 14.3 Å². The van der Waals surface area contributed by atoms with Crippen LogP contribution in [0.4, 0.5) is 0 Å². The molecule has 5 rings (SSSR count). The van der Waals surface area contributed by atoms with Crippen molar-refractivity contribution in [3.63, 3.8) is 0 Å². The van der Waals surface area contributed by atoms with Crippen LogP contribution in [0, 0.1) is 5.92 Å². The Morgan fingerprint density at radius 2 is 1.85 bits per heavy atom. The van der Waals surface area contributed by atoms with Gasteiger partial charge in [-0.05, 0) is 50.4 Å².